The van der Waals surface area contributed by atoms with Crippen LogP contribution in [-0.4, -0.2) is 0 Å². The number of nitrogens with zero attached hydrogens (tertiary/aromatic N) is 2. The van der Waals surface area contributed by atoms with Crippen LogP contribution in [0.1, 0.15) is 104 Å². The predicted octanol–water partition coefficient (Wildman–Crippen LogP) is 15.2. The second-order valence-electron chi connectivity index (χ2n) is 17.9. The molecule has 0 aromatic heterocycles. The van der Waals surface area contributed by atoms with Crippen LogP contribution >= 0.6 is 0 Å². The quantitative estimate of drug-likeness (QED) is 0.160. The van der Waals surface area contributed by atoms with E-state index in [0.29, 0.717) is 5.92 Å². The van der Waals surface area contributed by atoms with Crippen molar-refractivity contribution >= 4 is 34.1 Å². The Hall–Kier alpha value is -5.86. The molecule has 0 amide bonds. The van der Waals surface area contributed by atoms with E-state index < -0.39 is 0 Å². The summed E-state index contributed by atoms with van der Waals surface area (Å²) in [6.45, 7) is 4.81. The second-order valence-corrected chi connectivity index (χ2v) is 17.9. The Balaban J connectivity index is 1.11. The average Bonchev–Trinajstić information content (AvgIpc) is 3.93. The van der Waals surface area contributed by atoms with E-state index >= 15 is 0 Å². The van der Waals surface area contributed by atoms with Crippen molar-refractivity contribution in [3.63, 3.8) is 0 Å². The van der Waals surface area contributed by atoms with Crippen molar-refractivity contribution in [2.24, 2.45) is 0 Å². The van der Waals surface area contributed by atoms with Crippen LogP contribution < -0.4 is 9.80 Å². The van der Waals surface area contributed by atoms with Crippen LogP contribution in [0.3, 0.4) is 0 Å². The van der Waals surface area contributed by atoms with Gasteiger partial charge in [-0.05, 0) is 155 Å². The van der Waals surface area contributed by atoms with Gasteiger partial charge in [-0.3, -0.25) is 0 Å². The maximum Gasteiger partial charge on any atom is 0.0505 e. The van der Waals surface area contributed by atoms with Crippen molar-refractivity contribution in [1.29, 1.82) is 0 Å². The highest BCUT2D eigenvalue weighted by atomic mass is 15.2. The zero-order valence-corrected chi connectivity index (χ0v) is 33.9. The van der Waals surface area contributed by atoms with Gasteiger partial charge < -0.3 is 9.80 Å². The molecule has 0 radical (unpaired) electrons. The summed E-state index contributed by atoms with van der Waals surface area (Å²) in [6, 6.07) is 62.3. The van der Waals surface area contributed by atoms with Crippen LogP contribution in [0.2, 0.25) is 0 Å². The molecule has 7 aromatic carbocycles. The van der Waals surface area contributed by atoms with Crippen LogP contribution in [-0.2, 0) is 23.7 Å². The summed E-state index contributed by atoms with van der Waals surface area (Å²) < 4.78 is 0. The molecule has 286 valence electrons. The number of para-hydroxylation sites is 2. The fourth-order valence-electron chi connectivity index (χ4n) is 11.7. The van der Waals surface area contributed by atoms with Crippen LogP contribution in [0.5, 0.6) is 0 Å². The first-order chi connectivity index (χ1) is 28.5. The molecule has 0 unspecified atom stereocenters. The molecule has 2 heteroatoms. The highest BCUT2D eigenvalue weighted by molar-refractivity contribution is 5.88. The molecule has 2 nitrogen and oxygen atoms in total. The number of fused-ring (bicyclic) bond motifs is 7. The highest BCUT2D eigenvalue weighted by Gasteiger charge is 2.49. The Morgan fingerprint density at radius 1 is 0.448 bits per heavy atom. The molecule has 1 atom stereocenters. The Bertz CT molecular complexity index is 2590. The molecule has 4 aliphatic carbocycles. The van der Waals surface area contributed by atoms with Crippen LogP contribution in [0, 0.1) is 0 Å². The predicted molar refractivity (Wildman–Crippen MR) is 243 cm³/mol. The molecule has 0 bridgehead atoms. The Kier molecular flexibility index (Phi) is 8.47. The summed E-state index contributed by atoms with van der Waals surface area (Å²) >= 11 is 0. The Morgan fingerprint density at radius 3 is 1.59 bits per heavy atom. The lowest BCUT2D eigenvalue weighted by Gasteiger charge is -2.37. The standard InChI is InChI=1S/C56H52N2/c1-55(2)49-25-13-12-24-47(49)48-33-32-46(38-50(48)55)58(45-30-28-40(29-31-45)39-16-6-3-7-17-39)52-27-15-19-42-35-37-56(54(42)52)36-34-41-18-14-26-51(53(41)56)57(43-20-8-4-9-21-43)44-22-10-5-11-23-44/h4-5,8-15,18-33,38-39H,3,6-7,16-17,34-37H2,1-2H3/t56-/m1/s1. The van der Waals surface area contributed by atoms with Gasteiger partial charge in [0.1, 0.15) is 0 Å². The average molecular weight is 753 g/mol. The fourth-order valence-corrected chi connectivity index (χ4v) is 11.7. The molecule has 0 heterocycles. The van der Waals surface area contributed by atoms with Gasteiger partial charge in [0.05, 0.1) is 11.4 Å². The van der Waals surface area contributed by atoms with Gasteiger partial charge in [0.25, 0.3) is 0 Å². The molecule has 0 saturated heterocycles. The van der Waals surface area contributed by atoms with E-state index in [0.717, 1.165) is 25.7 Å². The second kappa shape index (κ2) is 13.9. The SMILES string of the molecule is CC1(C)c2ccccc2-c2ccc(N(c3ccc(C4CCCCC4)cc3)c3cccc4c3[C@]3(CCc5cccc(N(c6ccccc6)c6ccccc6)c53)CC4)cc21. The number of aryl methyl sites for hydroxylation is 2. The van der Waals surface area contributed by atoms with Gasteiger partial charge in [0.15, 0.2) is 0 Å². The molecular formula is C56H52N2. The molecule has 1 fully saturated rings. The van der Waals surface area contributed by atoms with Crippen molar-refractivity contribution in [3.8, 4) is 11.1 Å². The number of rotatable bonds is 7. The maximum absolute atomic E-state index is 2.63. The summed E-state index contributed by atoms with van der Waals surface area (Å²) in [5.74, 6) is 0.672. The summed E-state index contributed by atoms with van der Waals surface area (Å²) in [5.41, 5.74) is 20.3. The van der Waals surface area contributed by atoms with Gasteiger partial charge in [-0.25, -0.2) is 0 Å². The largest absolute Gasteiger partial charge is 0.310 e. The third-order valence-electron chi connectivity index (χ3n) is 14.4. The molecule has 0 aliphatic heterocycles. The molecule has 11 rings (SSSR count). The van der Waals surface area contributed by atoms with E-state index in [4.69, 9.17) is 0 Å². The van der Waals surface area contributed by atoms with Gasteiger partial charge >= 0.3 is 0 Å². The van der Waals surface area contributed by atoms with Crippen molar-refractivity contribution in [3.05, 3.63) is 203 Å². The number of anilines is 6. The topological polar surface area (TPSA) is 6.48 Å². The van der Waals surface area contributed by atoms with Crippen molar-refractivity contribution in [1.82, 2.24) is 0 Å². The lowest BCUT2D eigenvalue weighted by atomic mass is 9.74. The van der Waals surface area contributed by atoms with E-state index in [1.807, 2.05) is 0 Å². The zero-order chi connectivity index (χ0) is 38.8. The van der Waals surface area contributed by atoms with E-state index in [1.165, 1.54) is 116 Å². The van der Waals surface area contributed by atoms with Crippen molar-refractivity contribution < 1.29 is 0 Å². The minimum atomic E-state index is -0.119. The minimum Gasteiger partial charge on any atom is -0.310 e. The summed E-state index contributed by atoms with van der Waals surface area (Å²) in [7, 11) is 0. The molecule has 1 saturated carbocycles. The Morgan fingerprint density at radius 2 is 0.966 bits per heavy atom. The third kappa shape index (κ3) is 5.52. The smallest absolute Gasteiger partial charge is 0.0505 e. The first-order valence-electron chi connectivity index (χ1n) is 21.8. The van der Waals surface area contributed by atoms with Gasteiger partial charge in [-0.15, -0.1) is 0 Å². The molecule has 1 spiro atoms. The normalized spacial score (nSPS) is 18.7. The van der Waals surface area contributed by atoms with E-state index in [1.54, 1.807) is 0 Å². The maximum atomic E-state index is 2.63. The van der Waals surface area contributed by atoms with Crippen LogP contribution in [0.4, 0.5) is 34.1 Å². The van der Waals surface area contributed by atoms with Gasteiger partial charge in [-0.2, -0.15) is 0 Å². The lowest BCUT2D eigenvalue weighted by Crippen LogP contribution is -2.27. The minimum absolute atomic E-state index is 0.0874. The van der Waals surface area contributed by atoms with Gasteiger partial charge in [0, 0.05) is 33.6 Å². The van der Waals surface area contributed by atoms with E-state index in [9.17, 15) is 0 Å². The van der Waals surface area contributed by atoms with Gasteiger partial charge in [0.2, 0.25) is 0 Å². The molecule has 7 aromatic rings. The Labute approximate surface area is 344 Å². The van der Waals surface area contributed by atoms with E-state index in [-0.39, 0.29) is 10.8 Å². The number of hydrogen-bond donors (Lipinski definition) is 0. The lowest BCUT2D eigenvalue weighted by molar-refractivity contribution is 0.443. The van der Waals surface area contributed by atoms with Crippen LogP contribution in [0.25, 0.3) is 11.1 Å². The number of hydrogen-bond acceptors (Lipinski definition) is 2. The number of benzene rings is 7. The first kappa shape index (κ1) is 35.3. The molecule has 4 aliphatic rings. The molecule has 58 heavy (non-hydrogen) atoms. The summed E-state index contributed by atoms with van der Waals surface area (Å²) in [5, 5.41) is 0. The summed E-state index contributed by atoms with van der Waals surface area (Å²) in [4.78, 5) is 5.14. The van der Waals surface area contributed by atoms with Crippen LogP contribution in [0.15, 0.2) is 164 Å². The van der Waals surface area contributed by atoms with Crippen molar-refractivity contribution in [2.45, 2.75) is 88.4 Å². The monoisotopic (exact) mass is 752 g/mol. The van der Waals surface area contributed by atoms with Crippen molar-refractivity contribution in [2.75, 3.05) is 9.80 Å². The highest BCUT2D eigenvalue weighted by Crippen LogP contribution is 2.60. The fraction of sp³-hybridized carbons (Fsp3) is 0.250. The molecule has 0 N–H and O–H groups in total. The van der Waals surface area contributed by atoms with Gasteiger partial charge in [-0.1, -0.05) is 136 Å². The summed E-state index contributed by atoms with van der Waals surface area (Å²) in [6.07, 6.45) is 11.1. The first-order valence-corrected chi connectivity index (χ1v) is 21.8. The van der Waals surface area contributed by atoms with E-state index in [2.05, 4.69) is 187 Å². The zero-order valence-electron chi connectivity index (χ0n) is 33.9. The molecular weight excluding hydrogens is 701 g/mol. The third-order valence-corrected chi connectivity index (χ3v) is 14.4.